The summed E-state index contributed by atoms with van der Waals surface area (Å²) in [4.78, 5) is 15.5. The van der Waals surface area contributed by atoms with E-state index in [0.29, 0.717) is 17.5 Å². The fourth-order valence-corrected chi connectivity index (χ4v) is 3.73. The minimum atomic E-state index is -4.65. The molecule has 0 aliphatic heterocycles. The molecule has 1 amide bonds. The number of carbonyl (C=O) groups is 1. The predicted octanol–water partition coefficient (Wildman–Crippen LogP) is 3.60. The van der Waals surface area contributed by atoms with Crippen molar-refractivity contribution in [1.82, 2.24) is 4.98 Å². The van der Waals surface area contributed by atoms with E-state index in [2.05, 4.69) is 10.3 Å². The summed E-state index contributed by atoms with van der Waals surface area (Å²) in [6.07, 6.45) is -2.91. The average Bonchev–Trinajstić information content (AvgIpc) is 2.73. The minimum absolute atomic E-state index is 0.00794. The van der Waals surface area contributed by atoms with Crippen LogP contribution in [0, 0.1) is 0 Å². The standard InChI is InChI=1S/C21H18F3N3O4S/c1-31-17-5-2-13(3-6-17)8-20(28)27-16-4-7-18(19(10-16)32(25,29)30)14-9-15(12-26-11-14)21(22,23)24/h2-7,9-12H,8H2,1H3,(H,27,28)(H2,25,29,30). The number of pyridine rings is 1. The lowest BCUT2D eigenvalue weighted by Crippen LogP contribution is -2.17. The van der Waals surface area contributed by atoms with Crippen molar-refractivity contribution in [3.63, 3.8) is 0 Å². The predicted molar refractivity (Wildman–Crippen MR) is 111 cm³/mol. The quantitative estimate of drug-likeness (QED) is 0.578. The lowest BCUT2D eigenvalue weighted by Gasteiger charge is -2.13. The summed E-state index contributed by atoms with van der Waals surface area (Å²) in [5, 5.41) is 7.83. The lowest BCUT2D eigenvalue weighted by molar-refractivity contribution is -0.137. The number of nitrogens with two attached hydrogens (primary N) is 1. The van der Waals surface area contributed by atoms with Crippen LogP contribution in [-0.2, 0) is 27.4 Å². The Morgan fingerprint density at radius 1 is 1.09 bits per heavy atom. The van der Waals surface area contributed by atoms with Crippen LogP contribution in [0.15, 0.2) is 65.8 Å². The Hall–Kier alpha value is -3.44. The van der Waals surface area contributed by atoms with Crippen LogP contribution in [0.2, 0.25) is 0 Å². The molecule has 0 bridgehead atoms. The zero-order valence-corrected chi connectivity index (χ0v) is 17.5. The summed E-state index contributed by atoms with van der Waals surface area (Å²) in [5.41, 5.74) is -0.371. The molecule has 3 aromatic rings. The number of alkyl halides is 3. The van der Waals surface area contributed by atoms with Gasteiger partial charge in [-0.05, 0) is 35.9 Å². The molecule has 0 fully saturated rings. The second-order valence-electron chi connectivity index (χ2n) is 6.79. The smallest absolute Gasteiger partial charge is 0.417 e. The van der Waals surface area contributed by atoms with Gasteiger partial charge in [0.05, 0.1) is 24.0 Å². The van der Waals surface area contributed by atoms with E-state index in [1.807, 2.05) is 0 Å². The summed E-state index contributed by atoms with van der Waals surface area (Å²) in [6.45, 7) is 0. The van der Waals surface area contributed by atoms with Gasteiger partial charge in [0.15, 0.2) is 0 Å². The van der Waals surface area contributed by atoms with E-state index in [9.17, 15) is 26.4 Å². The number of hydrogen-bond acceptors (Lipinski definition) is 5. The van der Waals surface area contributed by atoms with Crippen molar-refractivity contribution in [3.8, 4) is 16.9 Å². The molecule has 0 saturated heterocycles. The van der Waals surface area contributed by atoms with Crippen LogP contribution in [0.25, 0.3) is 11.1 Å². The number of carbonyl (C=O) groups excluding carboxylic acids is 1. The van der Waals surface area contributed by atoms with Crippen molar-refractivity contribution < 1.29 is 31.1 Å². The number of sulfonamides is 1. The van der Waals surface area contributed by atoms with Crippen LogP contribution in [0.4, 0.5) is 18.9 Å². The Bertz CT molecular complexity index is 1240. The van der Waals surface area contributed by atoms with Crippen LogP contribution >= 0.6 is 0 Å². The van der Waals surface area contributed by atoms with E-state index in [1.54, 1.807) is 24.3 Å². The first kappa shape index (κ1) is 23.2. The molecule has 0 aliphatic carbocycles. The van der Waals surface area contributed by atoms with E-state index in [-0.39, 0.29) is 23.2 Å². The van der Waals surface area contributed by atoms with Gasteiger partial charge in [-0.25, -0.2) is 13.6 Å². The molecule has 3 N–H and O–H groups in total. The fraction of sp³-hybridized carbons (Fsp3) is 0.143. The maximum absolute atomic E-state index is 13.0. The van der Waals surface area contributed by atoms with E-state index >= 15 is 0 Å². The second-order valence-corrected chi connectivity index (χ2v) is 8.32. The second kappa shape index (κ2) is 8.97. The van der Waals surface area contributed by atoms with Gasteiger partial charge in [-0.3, -0.25) is 9.78 Å². The summed E-state index contributed by atoms with van der Waals surface area (Å²) < 4.78 is 68.3. The first-order valence-electron chi connectivity index (χ1n) is 9.09. The third-order valence-corrected chi connectivity index (χ3v) is 5.42. The van der Waals surface area contributed by atoms with Gasteiger partial charge in [0.25, 0.3) is 0 Å². The molecule has 0 unspecified atom stereocenters. The third-order valence-electron chi connectivity index (χ3n) is 4.47. The van der Waals surface area contributed by atoms with E-state index in [4.69, 9.17) is 9.88 Å². The zero-order valence-electron chi connectivity index (χ0n) is 16.7. The third kappa shape index (κ3) is 5.62. The largest absolute Gasteiger partial charge is 0.497 e. The SMILES string of the molecule is COc1ccc(CC(=O)Nc2ccc(-c3cncc(C(F)(F)F)c3)c(S(N)(=O)=O)c2)cc1. The molecule has 0 atom stereocenters. The monoisotopic (exact) mass is 465 g/mol. The maximum atomic E-state index is 13.0. The Morgan fingerprint density at radius 3 is 2.38 bits per heavy atom. The average molecular weight is 465 g/mol. The van der Waals surface area contributed by atoms with Crippen molar-refractivity contribution in [1.29, 1.82) is 0 Å². The number of amides is 1. The molecule has 0 spiro atoms. The Labute approximate surface area is 182 Å². The first-order valence-corrected chi connectivity index (χ1v) is 10.6. The molecule has 2 aromatic carbocycles. The van der Waals surface area contributed by atoms with E-state index in [0.717, 1.165) is 18.3 Å². The van der Waals surface area contributed by atoms with Crippen molar-refractivity contribution in [2.75, 3.05) is 12.4 Å². The van der Waals surface area contributed by atoms with Crippen molar-refractivity contribution in [2.45, 2.75) is 17.5 Å². The van der Waals surface area contributed by atoms with Crippen LogP contribution < -0.4 is 15.2 Å². The molecule has 0 radical (unpaired) electrons. The highest BCUT2D eigenvalue weighted by atomic mass is 32.2. The number of aromatic nitrogens is 1. The normalized spacial score (nSPS) is 11.8. The number of primary sulfonamides is 1. The summed E-state index contributed by atoms with van der Waals surface area (Å²) in [5.74, 6) is 0.204. The van der Waals surface area contributed by atoms with Gasteiger partial charge in [-0.1, -0.05) is 18.2 Å². The maximum Gasteiger partial charge on any atom is 0.417 e. The molecule has 3 rings (SSSR count). The molecule has 0 aliphatic rings. The van der Waals surface area contributed by atoms with Crippen LogP contribution in [0.5, 0.6) is 5.75 Å². The lowest BCUT2D eigenvalue weighted by atomic mass is 10.0. The van der Waals surface area contributed by atoms with Crippen molar-refractivity contribution >= 4 is 21.6 Å². The molecule has 168 valence electrons. The Balaban J connectivity index is 1.89. The number of hydrogen-bond donors (Lipinski definition) is 2. The number of benzene rings is 2. The molecule has 32 heavy (non-hydrogen) atoms. The van der Waals surface area contributed by atoms with Gasteiger partial charge >= 0.3 is 6.18 Å². The highest BCUT2D eigenvalue weighted by molar-refractivity contribution is 7.89. The summed E-state index contributed by atoms with van der Waals surface area (Å²) in [6, 6.07) is 11.3. The van der Waals surface area contributed by atoms with Gasteiger partial charge < -0.3 is 10.1 Å². The number of ether oxygens (including phenoxy) is 1. The molecule has 1 heterocycles. The van der Waals surface area contributed by atoms with Gasteiger partial charge in [-0.2, -0.15) is 13.2 Å². The highest BCUT2D eigenvalue weighted by Crippen LogP contribution is 2.34. The zero-order chi connectivity index (χ0) is 23.5. The van der Waals surface area contributed by atoms with E-state index < -0.39 is 32.6 Å². The molecule has 1 aromatic heterocycles. The fourth-order valence-electron chi connectivity index (χ4n) is 2.95. The van der Waals surface area contributed by atoms with Gasteiger partial charge in [-0.15, -0.1) is 0 Å². The summed E-state index contributed by atoms with van der Waals surface area (Å²) in [7, 11) is -2.81. The Kier molecular flexibility index (Phi) is 6.51. The highest BCUT2D eigenvalue weighted by Gasteiger charge is 2.31. The van der Waals surface area contributed by atoms with Gasteiger partial charge in [0.1, 0.15) is 5.75 Å². The first-order chi connectivity index (χ1) is 15.0. The van der Waals surface area contributed by atoms with Crippen LogP contribution in [0.1, 0.15) is 11.1 Å². The van der Waals surface area contributed by atoms with Crippen LogP contribution in [0.3, 0.4) is 0 Å². The molecular formula is C21H18F3N3O4S. The minimum Gasteiger partial charge on any atom is -0.497 e. The number of halogens is 3. The number of nitrogens with one attached hydrogen (secondary N) is 1. The van der Waals surface area contributed by atoms with Crippen molar-refractivity contribution in [2.24, 2.45) is 5.14 Å². The molecular weight excluding hydrogens is 447 g/mol. The molecule has 7 nitrogen and oxygen atoms in total. The van der Waals surface area contributed by atoms with E-state index in [1.165, 1.54) is 19.2 Å². The number of methoxy groups -OCH3 is 1. The van der Waals surface area contributed by atoms with Gasteiger partial charge in [0.2, 0.25) is 15.9 Å². The number of rotatable bonds is 6. The Morgan fingerprint density at radius 2 is 1.78 bits per heavy atom. The number of nitrogens with zero attached hydrogens (tertiary/aromatic N) is 1. The summed E-state index contributed by atoms with van der Waals surface area (Å²) >= 11 is 0. The van der Waals surface area contributed by atoms with Gasteiger partial charge in [0, 0.05) is 29.2 Å². The molecule has 0 saturated carbocycles. The van der Waals surface area contributed by atoms with Crippen molar-refractivity contribution in [3.05, 3.63) is 72.1 Å². The topological polar surface area (TPSA) is 111 Å². The number of anilines is 1. The molecule has 11 heteroatoms. The van der Waals surface area contributed by atoms with Crippen LogP contribution in [-0.4, -0.2) is 26.4 Å².